The predicted molar refractivity (Wildman–Crippen MR) is 151 cm³/mol. The van der Waals surface area contributed by atoms with Crippen LogP contribution in [0.15, 0.2) is 54.6 Å². The summed E-state index contributed by atoms with van der Waals surface area (Å²) in [5, 5.41) is 3.09. The van der Waals surface area contributed by atoms with Gasteiger partial charge in [-0.2, -0.15) is 0 Å². The Bertz CT molecular complexity index is 1380. The van der Waals surface area contributed by atoms with Crippen molar-refractivity contribution in [1.82, 2.24) is 5.32 Å². The molecular weight excluding hydrogens is 484 g/mol. The molecule has 198 valence electrons. The Morgan fingerprint density at radius 2 is 1.57 bits per heavy atom. The molecule has 3 rings (SSSR count). The van der Waals surface area contributed by atoms with E-state index in [4.69, 9.17) is 4.74 Å². The van der Waals surface area contributed by atoms with Gasteiger partial charge < -0.3 is 10.1 Å². The highest BCUT2D eigenvalue weighted by molar-refractivity contribution is 7.92. The summed E-state index contributed by atoms with van der Waals surface area (Å²) in [7, 11) is -1.83. The number of nitrogens with one attached hydrogen (secondary N) is 1. The van der Waals surface area contributed by atoms with Crippen molar-refractivity contribution < 1.29 is 17.9 Å². The standard InChI is InChI=1S/C30H38N2O4S/c1-19(2)26-17-27(22(5)16-29(26)36-7)23(6)31-30(33)25-13-11-24(12-14-25)18-32(37(8,34)35)28-15-20(3)9-10-21(28)4/h9-17,19,23H,18H2,1-8H3,(H,31,33)/t23-/m1/s1. The van der Waals surface area contributed by atoms with Gasteiger partial charge >= 0.3 is 0 Å². The van der Waals surface area contributed by atoms with Crippen LogP contribution in [0.2, 0.25) is 0 Å². The second-order valence-electron chi connectivity index (χ2n) is 10.1. The zero-order valence-electron chi connectivity index (χ0n) is 23.0. The predicted octanol–water partition coefficient (Wildman–Crippen LogP) is 6.20. The molecule has 3 aromatic rings. The molecule has 0 aromatic heterocycles. The van der Waals surface area contributed by atoms with Crippen LogP contribution >= 0.6 is 0 Å². The Morgan fingerprint density at radius 3 is 2.14 bits per heavy atom. The summed E-state index contributed by atoms with van der Waals surface area (Å²) in [6, 6.07) is 16.8. The van der Waals surface area contributed by atoms with Crippen molar-refractivity contribution in [1.29, 1.82) is 0 Å². The highest BCUT2D eigenvalue weighted by Crippen LogP contribution is 2.32. The molecule has 0 unspecified atom stereocenters. The fourth-order valence-corrected chi connectivity index (χ4v) is 5.40. The quantitative estimate of drug-likeness (QED) is 0.363. The van der Waals surface area contributed by atoms with Crippen molar-refractivity contribution in [2.24, 2.45) is 0 Å². The van der Waals surface area contributed by atoms with Gasteiger partial charge in [-0.1, -0.05) is 38.1 Å². The zero-order chi connectivity index (χ0) is 27.5. The molecular formula is C30H38N2O4S. The van der Waals surface area contributed by atoms with E-state index in [1.165, 1.54) is 10.6 Å². The number of ether oxygens (including phenoxy) is 1. The fourth-order valence-electron chi connectivity index (χ4n) is 4.46. The van der Waals surface area contributed by atoms with Crippen LogP contribution in [0.3, 0.4) is 0 Å². The third kappa shape index (κ3) is 6.72. The Balaban J connectivity index is 1.79. The summed E-state index contributed by atoms with van der Waals surface area (Å²) in [5.41, 5.74) is 7.05. The van der Waals surface area contributed by atoms with E-state index >= 15 is 0 Å². The first kappa shape index (κ1) is 28.3. The van der Waals surface area contributed by atoms with Gasteiger partial charge in [0.25, 0.3) is 5.91 Å². The number of amides is 1. The zero-order valence-corrected chi connectivity index (χ0v) is 23.9. The Hall–Kier alpha value is -3.32. The molecule has 6 nitrogen and oxygen atoms in total. The number of anilines is 1. The van der Waals surface area contributed by atoms with Crippen LogP contribution in [0.25, 0.3) is 0 Å². The number of hydrogen-bond donors (Lipinski definition) is 1. The van der Waals surface area contributed by atoms with Crippen LogP contribution in [0.5, 0.6) is 5.75 Å². The average molecular weight is 523 g/mol. The molecule has 0 fully saturated rings. The number of methoxy groups -OCH3 is 1. The number of benzene rings is 3. The summed E-state index contributed by atoms with van der Waals surface area (Å²) in [6.07, 6.45) is 1.21. The van der Waals surface area contributed by atoms with E-state index in [0.29, 0.717) is 17.2 Å². The van der Waals surface area contributed by atoms with Gasteiger partial charge in [-0.05, 0) is 97.3 Å². The average Bonchev–Trinajstić information content (AvgIpc) is 2.83. The second kappa shape index (κ2) is 11.4. The number of sulfonamides is 1. The maximum atomic E-state index is 13.0. The van der Waals surface area contributed by atoms with Crippen LogP contribution in [0, 0.1) is 20.8 Å². The summed E-state index contributed by atoms with van der Waals surface area (Å²) >= 11 is 0. The molecule has 0 spiro atoms. The molecule has 1 amide bonds. The lowest BCUT2D eigenvalue weighted by molar-refractivity contribution is 0.0939. The van der Waals surface area contributed by atoms with Crippen molar-refractivity contribution in [2.75, 3.05) is 17.7 Å². The number of hydrogen-bond acceptors (Lipinski definition) is 4. The Kier molecular flexibility index (Phi) is 8.69. The van der Waals surface area contributed by atoms with Gasteiger partial charge in [0, 0.05) is 5.56 Å². The summed E-state index contributed by atoms with van der Waals surface area (Å²) in [6.45, 7) is 12.2. The molecule has 0 aliphatic carbocycles. The largest absolute Gasteiger partial charge is 0.496 e. The lowest BCUT2D eigenvalue weighted by atomic mass is 9.93. The monoisotopic (exact) mass is 522 g/mol. The van der Waals surface area contributed by atoms with Crippen LogP contribution in [0.4, 0.5) is 5.69 Å². The molecule has 37 heavy (non-hydrogen) atoms. The molecule has 0 aliphatic rings. The molecule has 7 heteroatoms. The summed E-state index contributed by atoms with van der Waals surface area (Å²) in [4.78, 5) is 13.0. The number of carbonyl (C=O) groups is 1. The molecule has 3 aromatic carbocycles. The maximum absolute atomic E-state index is 13.0. The van der Waals surface area contributed by atoms with Gasteiger partial charge in [-0.3, -0.25) is 9.10 Å². The molecule has 0 bridgehead atoms. The van der Waals surface area contributed by atoms with Gasteiger partial charge in [0.15, 0.2) is 0 Å². The van der Waals surface area contributed by atoms with Gasteiger partial charge in [-0.15, -0.1) is 0 Å². The van der Waals surface area contributed by atoms with E-state index < -0.39 is 10.0 Å². The molecule has 1 N–H and O–H groups in total. The first-order valence-corrected chi connectivity index (χ1v) is 14.3. The SMILES string of the molecule is COc1cc(C)c([C@@H](C)NC(=O)c2ccc(CN(c3cc(C)ccc3C)S(C)(=O)=O)cc2)cc1C(C)C. The Labute approximate surface area is 221 Å². The molecule has 0 saturated heterocycles. The van der Waals surface area contributed by atoms with Gasteiger partial charge in [0.1, 0.15) is 5.75 Å². The summed E-state index contributed by atoms with van der Waals surface area (Å²) in [5.74, 6) is 0.962. The number of rotatable bonds is 9. The van der Waals surface area contributed by atoms with Gasteiger partial charge in [0.05, 0.1) is 31.6 Å². The van der Waals surface area contributed by atoms with Gasteiger partial charge in [0.2, 0.25) is 10.0 Å². The van der Waals surface area contributed by atoms with Crippen LogP contribution in [0.1, 0.15) is 76.5 Å². The minimum absolute atomic E-state index is 0.185. The van der Waals surface area contributed by atoms with Crippen LogP contribution < -0.4 is 14.4 Å². The van der Waals surface area contributed by atoms with Gasteiger partial charge in [-0.25, -0.2) is 8.42 Å². The fraction of sp³-hybridized carbons (Fsp3) is 0.367. The van der Waals surface area contributed by atoms with E-state index in [2.05, 4.69) is 25.2 Å². The first-order valence-electron chi connectivity index (χ1n) is 12.4. The minimum atomic E-state index is -3.50. The van der Waals surface area contributed by atoms with Crippen molar-refractivity contribution in [3.05, 3.63) is 93.5 Å². The van der Waals surface area contributed by atoms with E-state index in [0.717, 1.165) is 39.1 Å². The van der Waals surface area contributed by atoms with E-state index in [1.54, 1.807) is 31.4 Å². The van der Waals surface area contributed by atoms with Crippen molar-refractivity contribution in [3.63, 3.8) is 0 Å². The van der Waals surface area contributed by atoms with Crippen LogP contribution in [-0.4, -0.2) is 27.7 Å². The first-order chi connectivity index (χ1) is 17.3. The smallest absolute Gasteiger partial charge is 0.251 e. The van der Waals surface area contributed by atoms with Crippen LogP contribution in [-0.2, 0) is 16.6 Å². The second-order valence-corrected chi connectivity index (χ2v) is 12.0. The normalized spacial score (nSPS) is 12.4. The molecule has 0 radical (unpaired) electrons. The van der Waals surface area contributed by atoms with E-state index in [1.807, 2.05) is 52.0 Å². The number of carbonyl (C=O) groups excluding carboxylic acids is 1. The third-order valence-corrected chi connectivity index (χ3v) is 7.76. The lowest BCUT2D eigenvalue weighted by Crippen LogP contribution is -2.30. The Morgan fingerprint density at radius 1 is 0.919 bits per heavy atom. The minimum Gasteiger partial charge on any atom is -0.496 e. The highest BCUT2D eigenvalue weighted by atomic mass is 32.2. The van der Waals surface area contributed by atoms with E-state index in [-0.39, 0.29) is 18.5 Å². The molecule has 0 saturated carbocycles. The topological polar surface area (TPSA) is 75.7 Å². The number of aryl methyl sites for hydroxylation is 3. The molecule has 0 heterocycles. The van der Waals surface area contributed by atoms with Crippen molar-refractivity contribution in [2.45, 2.75) is 60.0 Å². The highest BCUT2D eigenvalue weighted by Gasteiger charge is 2.21. The summed E-state index contributed by atoms with van der Waals surface area (Å²) < 4.78 is 32.2. The van der Waals surface area contributed by atoms with E-state index in [9.17, 15) is 13.2 Å². The molecule has 0 aliphatic heterocycles. The third-order valence-electron chi connectivity index (χ3n) is 6.63. The van der Waals surface area contributed by atoms with Crippen molar-refractivity contribution >= 4 is 21.6 Å². The maximum Gasteiger partial charge on any atom is 0.251 e. The molecule has 1 atom stereocenters. The number of nitrogens with zero attached hydrogens (tertiary/aromatic N) is 1. The van der Waals surface area contributed by atoms with Crippen molar-refractivity contribution in [3.8, 4) is 5.75 Å². The lowest BCUT2D eigenvalue weighted by Gasteiger charge is -2.25.